The van der Waals surface area contributed by atoms with Gasteiger partial charge in [0.05, 0.1) is 6.10 Å². The van der Waals surface area contributed by atoms with Gasteiger partial charge >= 0.3 is 0 Å². The zero-order valence-electron chi connectivity index (χ0n) is 21.1. The molecule has 3 aromatic rings. The monoisotopic (exact) mass is 486 g/mol. The zero-order valence-corrected chi connectivity index (χ0v) is 21.1. The third-order valence-corrected chi connectivity index (χ3v) is 7.98. The molecule has 3 heterocycles. The second kappa shape index (κ2) is 9.90. The summed E-state index contributed by atoms with van der Waals surface area (Å²) in [6.07, 6.45) is 9.47. The van der Waals surface area contributed by atoms with Gasteiger partial charge in [-0.2, -0.15) is 0 Å². The third-order valence-electron chi connectivity index (χ3n) is 7.98. The first-order valence-electron chi connectivity index (χ1n) is 12.8. The molecule has 36 heavy (non-hydrogen) atoms. The summed E-state index contributed by atoms with van der Waals surface area (Å²) in [4.78, 5) is 21.5. The minimum atomic E-state index is -0.142. The molecule has 1 fully saturated rings. The molecule has 1 saturated carbocycles. The van der Waals surface area contributed by atoms with E-state index in [1.54, 1.807) is 6.20 Å². The van der Waals surface area contributed by atoms with Gasteiger partial charge in [-0.05, 0) is 74.6 Å². The summed E-state index contributed by atoms with van der Waals surface area (Å²) in [6, 6.07) is 7.91. The van der Waals surface area contributed by atoms with E-state index >= 15 is 0 Å². The van der Waals surface area contributed by atoms with Crippen molar-refractivity contribution >= 4 is 34.5 Å². The molecule has 2 unspecified atom stereocenters. The number of nitrogens with one attached hydrogen (secondary N) is 1. The van der Waals surface area contributed by atoms with E-state index in [-0.39, 0.29) is 18.1 Å². The predicted molar refractivity (Wildman–Crippen MR) is 144 cm³/mol. The molecular weight excluding hydrogens is 452 g/mol. The van der Waals surface area contributed by atoms with E-state index in [1.807, 2.05) is 43.5 Å². The van der Waals surface area contributed by atoms with Crippen LogP contribution in [0.15, 0.2) is 45.9 Å². The van der Waals surface area contributed by atoms with Gasteiger partial charge in [-0.15, -0.1) is 0 Å². The fraction of sp³-hybridized carbons (Fsp3) is 0.414. The van der Waals surface area contributed by atoms with Crippen molar-refractivity contribution in [2.24, 2.45) is 16.8 Å². The van der Waals surface area contributed by atoms with Gasteiger partial charge < -0.3 is 20.6 Å². The van der Waals surface area contributed by atoms with Crippen LogP contribution < -0.4 is 11.1 Å². The normalized spacial score (nSPS) is 22.1. The maximum Gasteiger partial charge on any atom is 0.251 e. The lowest BCUT2D eigenvalue weighted by atomic mass is 9.77. The van der Waals surface area contributed by atoms with E-state index in [9.17, 15) is 9.90 Å². The van der Waals surface area contributed by atoms with Gasteiger partial charge in [0.2, 0.25) is 0 Å². The molecule has 2 atom stereocenters. The smallest absolute Gasteiger partial charge is 0.251 e. The number of aliphatic hydroxyl groups is 1. The number of carbonyl (C=O) groups excluding carboxylic acids is 1. The highest BCUT2D eigenvalue weighted by Gasteiger charge is 2.27. The number of benzene rings is 1. The maximum atomic E-state index is 12.1. The van der Waals surface area contributed by atoms with Crippen LogP contribution in [0.1, 0.15) is 67.9 Å². The Bertz CT molecular complexity index is 1350. The van der Waals surface area contributed by atoms with E-state index in [0.717, 1.165) is 53.3 Å². The summed E-state index contributed by atoms with van der Waals surface area (Å²) in [7, 11) is 0. The minimum absolute atomic E-state index is 0.0648. The number of nitrogen functional groups attached to an aromatic ring is 1. The van der Waals surface area contributed by atoms with Crippen molar-refractivity contribution in [1.82, 2.24) is 10.3 Å². The molecule has 5 rings (SSSR count). The summed E-state index contributed by atoms with van der Waals surface area (Å²) in [5.74, 6) is 1.93. The number of aliphatic imine (C=N–C) groups is 1. The number of nitrogens with two attached hydrogens (primary N) is 1. The molecule has 0 radical (unpaired) electrons. The van der Waals surface area contributed by atoms with Crippen molar-refractivity contribution in [3.63, 3.8) is 0 Å². The van der Waals surface area contributed by atoms with Crippen molar-refractivity contribution in [1.29, 1.82) is 0 Å². The molecule has 0 bridgehead atoms. The van der Waals surface area contributed by atoms with Crippen LogP contribution in [0.2, 0.25) is 0 Å². The summed E-state index contributed by atoms with van der Waals surface area (Å²) in [6.45, 7) is 6.97. The standard InChI is InChI=1S/C29H34N4O3/c1-4-18(13-31-17(3)16(2)19-7-9-22(34)10-8-19)25-15-32-28(30)27-24(25)12-26(36-27)20-5-6-21-14-33-29(35)23(21)11-20/h4-6,11-13,15-17,19,22,34H,7-10,14H2,1-3H3,(H2,30,32)(H,33,35). The number of pyridine rings is 1. The van der Waals surface area contributed by atoms with Crippen LogP contribution in [-0.2, 0) is 6.54 Å². The molecule has 7 heteroatoms. The first kappa shape index (κ1) is 24.3. The van der Waals surface area contributed by atoms with Crippen molar-refractivity contribution in [3.05, 3.63) is 53.2 Å². The lowest BCUT2D eigenvalue weighted by Crippen LogP contribution is -2.27. The summed E-state index contributed by atoms with van der Waals surface area (Å²) in [5.41, 5.74) is 11.1. The molecule has 1 aliphatic heterocycles. The second-order valence-electron chi connectivity index (χ2n) is 10.2. The zero-order chi connectivity index (χ0) is 25.4. The average molecular weight is 487 g/mol. The fourth-order valence-corrected chi connectivity index (χ4v) is 5.44. The molecule has 2 aliphatic rings. The van der Waals surface area contributed by atoms with Gasteiger partial charge in [0.25, 0.3) is 5.91 Å². The van der Waals surface area contributed by atoms with E-state index < -0.39 is 0 Å². The number of nitrogens with zero attached hydrogens (tertiary/aromatic N) is 2. The van der Waals surface area contributed by atoms with E-state index in [4.69, 9.17) is 15.1 Å². The first-order valence-corrected chi connectivity index (χ1v) is 12.8. The number of anilines is 1. The topological polar surface area (TPSA) is 114 Å². The largest absolute Gasteiger partial charge is 0.452 e. The van der Waals surface area contributed by atoms with Crippen LogP contribution in [0.5, 0.6) is 0 Å². The Labute approximate surface area is 211 Å². The van der Waals surface area contributed by atoms with Crippen molar-refractivity contribution in [2.45, 2.75) is 65.1 Å². The van der Waals surface area contributed by atoms with Gasteiger partial charge in [-0.1, -0.05) is 25.1 Å². The van der Waals surface area contributed by atoms with Crippen LogP contribution >= 0.6 is 0 Å². The SMILES string of the molecule is CC=C(C=NC(C)C(C)C1CCC(O)CC1)c1cnc(N)c2oc(-c3ccc4c(c3)C(=O)NC4)cc12. The Morgan fingerprint density at radius 3 is 2.78 bits per heavy atom. The molecule has 1 aromatic carbocycles. The molecule has 0 saturated heterocycles. The Kier molecular flexibility index (Phi) is 6.67. The van der Waals surface area contributed by atoms with Gasteiger partial charge in [-0.3, -0.25) is 9.79 Å². The van der Waals surface area contributed by atoms with Gasteiger partial charge in [-0.25, -0.2) is 4.98 Å². The Balaban J connectivity index is 1.43. The summed E-state index contributed by atoms with van der Waals surface area (Å²) < 4.78 is 6.16. The van der Waals surface area contributed by atoms with Crippen LogP contribution in [-0.4, -0.2) is 34.4 Å². The highest BCUT2D eigenvalue weighted by atomic mass is 16.3. The maximum absolute atomic E-state index is 12.1. The Morgan fingerprint density at radius 2 is 2.03 bits per heavy atom. The number of aliphatic hydroxyl groups excluding tert-OH is 1. The number of hydrogen-bond donors (Lipinski definition) is 3. The summed E-state index contributed by atoms with van der Waals surface area (Å²) >= 11 is 0. The highest BCUT2D eigenvalue weighted by Crippen LogP contribution is 2.36. The number of furan rings is 1. The quantitative estimate of drug-likeness (QED) is 0.405. The molecule has 2 aromatic heterocycles. The first-order chi connectivity index (χ1) is 17.4. The molecule has 7 nitrogen and oxygen atoms in total. The molecule has 1 aliphatic carbocycles. The van der Waals surface area contributed by atoms with Crippen LogP contribution in [0.4, 0.5) is 5.82 Å². The number of aromatic nitrogens is 1. The molecule has 0 spiro atoms. The van der Waals surface area contributed by atoms with Crippen molar-refractivity contribution in [3.8, 4) is 11.3 Å². The Hall–Kier alpha value is -3.45. The lowest BCUT2D eigenvalue weighted by molar-refractivity contribution is 0.0902. The number of hydrogen-bond acceptors (Lipinski definition) is 6. The van der Waals surface area contributed by atoms with Crippen molar-refractivity contribution in [2.75, 3.05) is 5.73 Å². The van der Waals surface area contributed by atoms with Gasteiger partial charge in [0.1, 0.15) is 5.76 Å². The summed E-state index contributed by atoms with van der Waals surface area (Å²) in [5, 5.41) is 13.6. The minimum Gasteiger partial charge on any atom is -0.452 e. The van der Waals surface area contributed by atoms with Crippen molar-refractivity contribution < 1.29 is 14.3 Å². The third kappa shape index (κ3) is 4.55. The van der Waals surface area contributed by atoms with Crippen LogP contribution in [0.25, 0.3) is 27.9 Å². The fourth-order valence-electron chi connectivity index (χ4n) is 5.44. The Morgan fingerprint density at radius 1 is 1.25 bits per heavy atom. The van der Waals surface area contributed by atoms with Crippen LogP contribution in [0.3, 0.4) is 0 Å². The number of allylic oxidation sites excluding steroid dienone is 2. The van der Waals surface area contributed by atoms with Gasteiger partial charge in [0, 0.05) is 47.1 Å². The number of rotatable bonds is 6. The average Bonchev–Trinajstić information content (AvgIpc) is 3.50. The van der Waals surface area contributed by atoms with Gasteiger partial charge in [0.15, 0.2) is 11.4 Å². The number of fused-ring (bicyclic) bond motifs is 2. The lowest BCUT2D eigenvalue weighted by Gasteiger charge is -2.32. The molecule has 188 valence electrons. The highest BCUT2D eigenvalue weighted by molar-refractivity contribution is 6.15. The second-order valence-corrected chi connectivity index (χ2v) is 10.2. The van der Waals surface area contributed by atoms with E-state index in [0.29, 0.717) is 41.1 Å². The number of amides is 1. The van der Waals surface area contributed by atoms with E-state index in [1.165, 1.54) is 0 Å². The predicted octanol–water partition coefficient (Wildman–Crippen LogP) is 5.37. The molecule has 4 N–H and O–H groups in total. The molecular formula is C29H34N4O3. The number of carbonyl (C=O) groups is 1. The molecule has 1 amide bonds. The van der Waals surface area contributed by atoms with Crippen LogP contribution in [0, 0.1) is 11.8 Å². The van der Waals surface area contributed by atoms with E-state index in [2.05, 4.69) is 24.1 Å².